The van der Waals surface area contributed by atoms with Crippen LogP contribution < -0.4 is 4.89 Å². The fourth-order valence-electron chi connectivity index (χ4n) is 0.929. The van der Waals surface area contributed by atoms with Crippen LogP contribution in [0.25, 0.3) is 6.08 Å². The van der Waals surface area contributed by atoms with Crippen molar-refractivity contribution in [3.05, 3.63) is 42.2 Å². The van der Waals surface area contributed by atoms with E-state index >= 15 is 0 Å². The molecule has 0 amide bonds. The van der Waals surface area contributed by atoms with Gasteiger partial charge in [0, 0.05) is 0 Å². The van der Waals surface area contributed by atoms with E-state index in [2.05, 4.69) is 25.5 Å². The molecule has 0 aliphatic carbocycles. The Morgan fingerprint density at radius 3 is 2.80 bits per heavy atom. The maximum Gasteiger partial charge on any atom is 0.405 e. The number of nitrogens with one attached hydrogen (secondary N) is 1. The second-order valence-electron chi connectivity index (χ2n) is 2.59. The van der Waals surface area contributed by atoms with Crippen LogP contribution >= 0.6 is 0 Å². The smallest absolute Gasteiger partial charge is 0.295 e. The maximum absolute atomic E-state index is 4.72. The molecule has 76 valence electrons. The SMILES string of the molecule is C(=Cc1ccccc1)OOc1nn[nH]n1. The van der Waals surface area contributed by atoms with E-state index in [0.29, 0.717) is 0 Å². The highest BCUT2D eigenvalue weighted by Gasteiger charge is 1.96. The van der Waals surface area contributed by atoms with E-state index in [1.54, 1.807) is 6.08 Å². The van der Waals surface area contributed by atoms with Crippen LogP contribution in [0.5, 0.6) is 6.01 Å². The van der Waals surface area contributed by atoms with Crippen molar-refractivity contribution in [3.63, 3.8) is 0 Å². The summed E-state index contributed by atoms with van der Waals surface area (Å²) in [5.41, 5.74) is 1.01. The zero-order valence-corrected chi connectivity index (χ0v) is 7.70. The quantitative estimate of drug-likeness (QED) is 0.460. The van der Waals surface area contributed by atoms with Crippen LogP contribution in [0.1, 0.15) is 5.56 Å². The van der Waals surface area contributed by atoms with Crippen LogP contribution in [0.2, 0.25) is 0 Å². The Hall–Kier alpha value is -2.37. The normalized spacial score (nSPS) is 10.4. The topological polar surface area (TPSA) is 72.9 Å². The lowest BCUT2D eigenvalue weighted by Crippen LogP contribution is -1.91. The highest BCUT2D eigenvalue weighted by molar-refractivity contribution is 5.47. The summed E-state index contributed by atoms with van der Waals surface area (Å²) in [6.07, 6.45) is 3.14. The number of aromatic amines is 1. The molecule has 1 aromatic carbocycles. The van der Waals surface area contributed by atoms with Gasteiger partial charge in [0.2, 0.25) is 0 Å². The molecule has 0 spiro atoms. The van der Waals surface area contributed by atoms with Crippen molar-refractivity contribution in [2.45, 2.75) is 0 Å². The van der Waals surface area contributed by atoms with E-state index in [1.807, 2.05) is 30.3 Å². The third kappa shape index (κ3) is 2.80. The van der Waals surface area contributed by atoms with E-state index in [0.717, 1.165) is 5.56 Å². The first-order valence-electron chi connectivity index (χ1n) is 4.23. The van der Waals surface area contributed by atoms with Gasteiger partial charge in [0.15, 0.2) is 0 Å². The molecule has 0 atom stereocenters. The predicted molar refractivity (Wildman–Crippen MR) is 51.4 cm³/mol. The number of nitrogens with zero attached hydrogens (tertiary/aromatic N) is 3. The van der Waals surface area contributed by atoms with Crippen molar-refractivity contribution in [1.82, 2.24) is 20.6 Å². The summed E-state index contributed by atoms with van der Waals surface area (Å²) in [6, 6.07) is 9.71. The van der Waals surface area contributed by atoms with E-state index in [-0.39, 0.29) is 6.01 Å². The fraction of sp³-hybridized carbons (Fsp3) is 0. The minimum Gasteiger partial charge on any atom is -0.295 e. The Bertz CT molecular complexity index is 413. The van der Waals surface area contributed by atoms with Crippen LogP contribution in [0.4, 0.5) is 0 Å². The second-order valence-corrected chi connectivity index (χ2v) is 2.59. The molecule has 0 saturated heterocycles. The van der Waals surface area contributed by atoms with E-state index in [9.17, 15) is 0 Å². The summed E-state index contributed by atoms with van der Waals surface area (Å²) in [6.45, 7) is 0. The highest BCUT2D eigenvalue weighted by atomic mass is 17.2. The van der Waals surface area contributed by atoms with Crippen molar-refractivity contribution in [1.29, 1.82) is 0 Å². The molecule has 0 bridgehead atoms. The Kier molecular flexibility index (Phi) is 2.91. The van der Waals surface area contributed by atoms with Gasteiger partial charge >= 0.3 is 6.01 Å². The summed E-state index contributed by atoms with van der Waals surface area (Å²) in [4.78, 5) is 9.38. The molecule has 0 unspecified atom stereocenters. The van der Waals surface area contributed by atoms with Crippen LogP contribution in [-0.2, 0) is 4.89 Å². The lowest BCUT2D eigenvalue weighted by Gasteiger charge is -1.94. The molecular formula is C9H8N4O2. The van der Waals surface area contributed by atoms with Gasteiger partial charge in [-0.05, 0) is 16.9 Å². The minimum atomic E-state index is 0.0349. The Labute approximate surface area is 85.5 Å². The first-order valence-corrected chi connectivity index (χ1v) is 4.23. The summed E-state index contributed by atoms with van der Waals surface area (Å²) < 4.78 is 0. The lowest BCUT2D eigenvalue weighted by molar-refractivity contribution is -0.155. The molecule has 6 nitrogen and oxygen atoms in total. The molecule has 0 aliphatic heterocycles. The average molecular weight is 204 g/mol. The van der Waals surface area contributed by atoms with Gasteiger partial charge in [-0.25, -0.2) is 4.89 Å². The van der Waals surface area contributed by atoms with E-state index < -0.39 is 0 Å². The van der Waals surface area contributed by atoms with Crippen molar-refractivity contribution in [3.8, 4) is 6.01 Å². The third-order valence-corrected chi connectivity index (χ3v) is 1.56. The lowest BCUT2D eigenvalue weighted by atomic mass is 10.2. The standard InChI is InChI=1S/C9H8N4O2/c1-2-4-8(5-3-1)6-7-14-15-9-10-12-13-11-9/h1-7H,(H,10,11,12,13). The molecule has 1 aromatic heterocycles. The van der Waals surface area contributed by atoms with Gasteiger partial charge in [0.05, 0.1) is 0 Å². The Morgan fingerprint density at radius 1 is 1.20 bits per heavy atom. The number of rotatable bonds is 4. The zero-order valence-electron chi connectivity index (χ0n) is 7.70. The molecule has 2 aromatic rings. The van der Waals surface area contributed by atoms with Crippen molar-refractivity contribution < 1.29 is 9.78 Å². The molecular weight excluding hydrogens is 196 g/mol. The van der Waals surface area contributed by atoms with Gasteiger partial charge in [0.1, 0.15) is 6.26 Å². The van der Waals surface area contributed by atoms with Crippen LogP contribution in [-0.4, -0.2) is 20.6 Å². The molecule has 2 rings (SSSR count). The molecule has 0 radical (unpaired) electrons. The molecule has 6 heteroatoms. The minimum absolute atomic E-state index is 0.0349. The maximum atomic E-state index is 4.72. The van der Waals surface area contributed by atoms with Gasteiger partial charge in [-0.15, -0.1) is 0 Å². The first-order chi connectivity index (χ1) is 7.45. The van der Waals surface area contributed by atoms with Gasteiger partial charge in [0.25, 0.3) is 0 Å². The van der Waals surface area contributed by atoms with Gasteiger partial charge in [-0.1, -0.05) is 40.5 Å². The summed E-state index contributed by atoms with van der Waals surface area (Å²) in [5, 5.41) is 12.6. The third-order valence-electron chi connectivity index (χ3n) is 1.56. The molecule has 0 fully saturated rings. The van der Waals surface area contributed by atoms with Crippen molar-refractivity contribution in [2.24, 2.45) is 0 Å². The van der Waals surface area contributed by atoms with Crippen LogP contribution in [0, 0.1) is 0 Å². The number of hydrogen-bond donors (Lipinski definition) is 1. The largest absolute Gasteiger partial charge is 0.405 e. The van der Waals surface area contributed by atoms with Gasteiger partial charge < -0.3 is 0 Å². The summed E-state index contributed by atoms with van der Waals surface area (Å²) in [7, 11) is 0. The average Bonchev–Trinajstić information content (AvgIpc) is 2.79. The summed E-state index contributed by atoms with van der Waals surface area (Å²) in [5.74, 6) is 0. The van der Waals surface area contributed by atoms with E-state index in [4.69, 9.17) is 4.89 Å². The molecule has 0 saturated carbocycles. The fourth-order valence-corrected chi connectivity index (χ4v) is 0.929. The number of benzene rings is 1. The predicted octanol–water partition coefficient (Wildman–Crippen LogP) is 1.18. The Morgan fingerprint density at radius 2 is 2.07 bits per heavy atom. The van der Waals surface area contributed by atoms with Crippen molar-refractivity contribution >= 4 is 6.08 Å². The number of hydrogen-bond acceptors (Lipinski definition) is 5. The second kappa shape index (κ2) is 4.75. The number of H-pyrrole nitrogens is 1. The van der Waals surface area contributed by atoms with Crippen molar-refractivity contribution in [2.75, 3.05) is 0 Å². The highest BCUT2D eigenvalue weighted by Crippen LogP contribution is 2.01. The van der Waals surface area contributed by atoms with Crippen LogP contribution in [0.3, 0.4) is 0 Å². The number of aromatic nitrogens is 4. The first kappa shape index (κ1) is 9.20. The molecule has 15 heavy (non-hydrogen) atoms. The summed E-state index contributed by atoms with van der Waals surface area (Å²) >= 11 is 0. The molecule has 0 aliphatic rings. The number of tetrazole rings is 1. The molecule has 1 N–H and O–H groups in total. The van der Waals surface area contributed by atoms with Crippen LogP contribution in [0.15, 0.2) is 36.6 Å². The van der Waals surface area contributed by atoms with Gasteiger partial charge in [-0.3, -0.25) is 4.89 Å². The van der Waals surface area contributed by atoms with E-state index in [1.165, 1.54) is 6.26 Å². The molecule has 1 heterocycles. The Balaban J connectivity index is 1.81. The zero-order chi connectivity index (χ0) is 10.3. The monoisotopic (exact) mass is 204 g/mol. The van der Waals surface area contributed by atoms with Gasteiger partial charge in [-0.2, -0.15) is 5.21 Å².